The molecule has 0 saturated carbocycles. The second kappa shape index (κ2) is 20.5. The maximum atomic E-state index is 12.5. The van der Waals surface area contributed by atoms with Gasteiger partial charge in [-0.2, -0.15) is 0 Å². The van der Waals surface area contributed by atoms with Gasteiger partial charge in [-0.15, -0.1) is 0 Å². The Hall–Kier alpha value is -1.23. The van der Waals surface area contributed by atoms with Crippen molar-refractivity contribution >= 4 is 17.8 Å². The summed E-state index contributed by atoms with van der Waals surface area (Å²) in [5.41, 5.74) is 5.48. The van der Waals surface area contributed by atoms with Crippen LogP contribution in [0.15, 0.2) is 4.99 Å². The molecule has 3 aliphatic heterocycles. The molecule has 3 heterocycles. The topological polar surface area (TPSA) is 365 Å². The maximum absolute atomic E-state index is 12.5. The first-order valence-corrected chi connectivity index (χ1v) is 15.8. The number of carboxylic acid groups (broad SMARTS) is 1. The van der Waals surface area contributed by atoms with Crippen LogP contribution in [0.4, 0.5) is 0 Å². The number of aliphatic hydroxyl groups is 9. The number of carbonyl (C=O) groups is 2. The first kappa shape index (κ1) is 45.9. The Balaban J connectivity index is 0.00000901. The fraction of sp³-hybridized carbons (Fsp3) is 0.893. The second-order valence-corrected chi connectivity index (χ2v) is 12.2. The number of rotatable bonds is 16. The molecule has 0 spiro atoms. The molecular formula is C28H48N3NaO19. The number of nitrogens with two attached hydrogens (primary N) is 1. The van der Waals surface area contributed by atoms with Crippen LogP contribution in [0.3, 0.4) is 0 Å². The summed E-state index contributed by atoms with van der Waals surface area (Å²) in [7, 11) is 0. The van der Waals surface area contributed by atoms with Crippen LogP contribution in [0, 0.1) is 0 Å². The van der Waals surface area contributed by atoms with Gasteiger partial charge in [0, 0.05) is 13.3 Å². The van der Waals surface area contributed by atoms with Crippen LogP contribution in [0.25, 0.3) is 0 Å². The zero-order valence-corrected chi connectivity index (χ0v) is 30.3. The molecule has 1 amide bonds. The third-order valence-corrected chi connectivity index (χ3v) is 8.40. The van der Waals surface area contributed by atoms with Gasteiger partial charge >= 0.3 is 35.5 Å². The summed E-state index contributed by atoms with van der Waals surface area (Å²) in [6.45, 7) is -0.287. The Morgan fingerprint density at radius 2 is 1.67 bits per heavy atom. The molecule has 3 saturated heterocycles. The van der Waals surface area contributed by atoms with Crippen molar-refractivity contribution in [3.8, 4) is 0 Å². The van der Waals surface area contributed by atoms with Crippen molar-refractivity contribution in [2.75, 3.05) is 33.0 Å². The van der Waals surface area contributed by atoms with Gasteiger partial charge in [0.15, 0.2) is 12.6 Å². The van der Waals surface area contributed by atoms with E-state index in [-0.39, 0.29) is 42.7 Å². The standard InChI is InChI=1S/C28H49N3O19.Na/c1-10(34)30-16-12(36)6-28(27(43)44,50-24(16)18(38)13(37)7-32)46-9-15-19(39)21(41)22(42)26(48-15)49-23-14(8-33)47-25(45-5-3-4-29)17(20(23)40)31-11(2)35;/h12-26,32-33,36-42H,3-9,29H2,1-2H3,(H,30,34)(H,31,35)(H,43,44);/q;+1/p-1/t12-,13+,14+,15+,16+,17+,18+,19-,20+,21-,22+,23+,24+,25+,26-,28+;/m0./s1. The van der Waals surface area contributed by atoms with Crippen molar-refractivity contribution in [2.45, 2.75) is 124 Å². The number of hydrogen-bond acceptors (Lipinski definition) is 20. The third-order valence-electron chi connectivity index (χ3n) is 8.40. The summed E-state index contributed by atoms with van der Waals surface area (Å²) in [4.78, 5) is 28.0. The van der Waals surface area contributed by atoms with E-state index in [1.54, 1.807) is 0 Å². The zero-order valence-electron chi connectivity index (χ0n) is 28.3. The molecule has 23 heteroatoms. The van der Waals surface area contributed by atoms with E-state index < -0.39 is 142 Å². The largest absolute Gasteiger partial charge is 1.00 e. The Kier molecular flexibility index (Phi) is 18.4. The number of nitrogens with zero attached hydrogens (tertiary/aromatic N) is 1. The van der Waals surface area contributed by atoms with Gasteiger partial charge in [0.2, 0.25) is 5.91 Å². The molecule has 0 unspecified atom stereocenters. The maximum Gasteiger partial charge on any atom is 1.00 e. The minimum Gasteiger partial charge on any atom is -0.862 e. The van der Waals surface area contributed by atoms with Crippen molar-refractivity contribution in [1.29, 1.82) is 0 Å². The van der Waals surface area contributed by atoms with Crippen molar-refractivity contribution in [1.82, 2.24) is 5.32 Å². The molecule has 22 nitrogen and oxygen atoms in total. The average Bonchev–Trinajstić information content (AvgIpc) is 3.06. The molecule has 13 N–H and O–H groups in total. The third kappa shape index (κ3) is 11.2. The predicted octanol–water partition coefficient (Wildman–Crippen LogP) is -11.1. The molecule has 0 bridgehead atoms. The minimum atomic E-state index is -2.86. The molecule has 0 aliphatic carbocycles. The van der Waals surface area contributed by atoms with Crippen LogP contribution in [0.5, 0.6) is 0 Å². The number of aliphatic hydroxyl groups excluding tert-OH is 9. The summed E-state index contributed by atoms with van der Waals surface area (Å²) >= 11 is 0. The number of hydrogen-bond donors (Lipinski definition) is 12. The van der Waals surface area contributed by atoms with Crippen molar-refractivity contribution < 1.29 is 124 Å². The monoisotopic (exact) mass is 753 g/mol. The van der Waals surface area contributed by atoms with E-state index in [0.29, 0.717) is 6.42 Å². The molecule has 0 aromatic carbocycles. The summed E-state index contributed by atoms with van der Waals surface area (Å²) in [5, 5.41) is 118. The molecule has 0 aromatic rings. The van der Waals surface area contributed by atoms with Crippen LogP contribution in [0.1, 0.15) is 26.7 Å². The smallest absolute Gasteiger partial charge is 0.862 e. The minimum absolute atomic E-state index is 0. The number of carboxylic acids is 1. The predicted molar refractivity (Wildman–Crippen MR) is 158 cm³/mol. The molecule has 0 radical (unpaired) electrons. The normalized spacial score (nSPS) is 40.2. The Bertz CT molecular complexity index is 1140. The Morgan fingerprint density at radius 3 is 2.22 bits per heavy atom. The van der Waals surface area contributed by atoms with Gasteiger partial charge < -0.3 is 95.6 Å². The van der Waals surface area contributed by atoms with Crippen LogP contribution >= 0.6 is 0 Å². The number of aliphatic imine (C=N–C) groups is 1. The van der Waals surface area contributed by atoms with Gasteiger partial charge in [-0.1, -0.05) is 0 Å². The number of carbonyl (C=O) groups excluding carboxylic acids is 1. The summed E-state index contributed by atoms with van der Waals surface area (Å²) < 4.78 is 33.6. The van der Waals surface area contributed by atoms with Crippen LogP contribution in [-0.4, -0.2) is 199 Å². The quantitative estimate of drug-likeness (QED) is 0.0301. The number of amides is 1. The molecule has 3 aliphatic rings. The number of nitrogens with one attached hydrogen (secondary N) is 1. The Labute approximate surface area is 314 Å². The fourth-order valence-electron chi connectivity index (χ4n) is 5.80. The van der Waals surface area contributed by atoms with Crippen molar-refractivity contribution in [3.05, 3.63) is 0 Å². The number of aliphatic carboxylic acids is 1. The molecule has 290 valence electrons. The second-order valence-electron chi connectivity index (χ2n) is 12.2. The first-order valence-electron chi connectivity index (χ1n) is 15.8. The molecule has 16 atom stereocenters. The van der Waals surface area contributed by atoms with Crippen LogP contribution in [0.2, 0.25) is 0 Å². The zero-order chi connectivity index (χ0) is 37.5. The molecule has 51 heavy (non-hydrogen) atoms. The van der Waals surface area contributed by atoms with E-state index >= 15 is 0 Å². The summed E-state index contributed by atoms with van der Waals surface area (Å²) in [5.74, 6) is -6.18. The fourth-order valence-corrected chi connectivity index (χ4v) is 5.80. The summed E-state index contributed by atoms with van der Waals surface area (Å²) in [6.07, 6.45) is -23.9. The van der Waals surface area contributed by atoms with E-state index in [2.05, 4.69) is 10.3 Å². The number of ether oxygens (including phenoxy) is 6. The summed E-state index contributed by atoms with van der Waals surface area (Å²) in [6, 6.07) is -2.88. The van der Waals surface area contributed by atoms with Crippen LogP contribution in [-0.2, 0) is 38.0 Å². The van der Waals surface area contributed by atoms with Crippen LogP contribution < -0.4 is 45.7 Å². The molecule has 3 rings (SSSR count). The molecule has 0 aromatic heterocycles. The van der Waals surface area contributed by atoms with Crippen molar-refractivity contribution in [3.63, 3.8) is 0 Å². The molecule has 3 fully saturated rings. The van der Waals surface area contributed by atoms with E-state index in [1.165, 1.54) is 0 Å². The van der Waals surface area contributed by atoms with E-state index in [0.717, 1.165) is 13.8 Å². The van der Waals surface area contributed by atoms with E-state index in [4.69, 9.17) is 34.2 Å². The SMILES string of the molecule is CC(=O)N[C@H]1[C@H](OCCCN)O[C@H](CO)[C@@H](O[C@@H]2O[C@H](CO[C@]3(C(=O)O)C[C@H](O)[C@@H](N=C(C)[O-])[C@H]([C@H](O)[C@H](O)CO)O3)[C@H](O)[C@H](O)[C@H]2O)[C@@H]1O.[Na+]. The van der Waals surface area contributed by atoms with E-state index in [1.807, 2.05) is 0 Å². The molecular weight excluding hydrogens is 705 g/mol. The Morgan fingerprint density at radius 1 is 1.02 bits per heavy atom. The van der Waals surface area contributed by atoms with E-state index in [9.17, 15) is 65.8 Å². The van der Waals surface area contributed by atoms with Crippen molar-refractivity contribution in [2.24, 2.45) is 10.7 Å². The van der Waals surface area contributed by atoms with Gasteiger partial charge in [0.1, 0.15) is 73.1 Å². The van der Waals surface area contributed by atoms with Gasteiger partial charge in [0.05, 0.1) is 32.5 Å². The first-order chi connectivity index (χ1) is 23.5. The van der Waals surface area contributed by atoms with Gasteiger partial charge in [-0.05, 0) is 25.8 Å². The van der Waals surface area contributed by atoms with Gasteiger partial charge in [-0.25, -0.2) is 4.79 Å². The average molecular weight is 754 g/mol. The van der Waals surface area contributed by atoms with Gasteiger partial charge in [-0.3, -0.25) is 9.79 Å². The van der Waals surface area contributed by atoms with Gasteiger partial charge in [0.25, 0.3) is 5.79 Å².